The van der Waals surface area contributed by atoms with Crippen LogP contribution < -0.4 is 14.4 Å². The van der Waals surface area contributed by atoms with Crippen LogP contribution in [0.5, 0.6) is 5.75 Å². The number of nitrogens with one attached hydrogen (secondary N) is 1. The Morgan fingerprint density at radius 1 is 1.15 bits per heavy atom. The summed E-state index contributed by atoms with van der Waals surface area (Å²) in [6.45, 7) is 4.69. The number of sulfonamides is 1. The quantitative estimate of drug-likeness (QED) is 0.312. The SMILES string of the molecule is COCCOCC[C@H]1[C@@H](C)C/C=C\[C@@H](O)[C@@H]2CC[C@H]2CN2C[C@@]3(CCCc4cc(Cl)ccc43)COc3ccc(cc32)C(=O)NS1(=O)=O. The van der Waals surface area contributed by atoms with Gasteiger partial charge in [-0.2, -0.15) is 0 Å². The molecule has 2 aliphatic heterocycles. The summed E-state index contributed by atoms with van der Waals surface area (Å²) in [5.41, 5.74) is 3.24. The molecule has 0 radical (unpaired) electrons. The number of carbonyl (C=O) groups is 1. The van der Waals surface area contributed by atoms with Crippen molar-refractivity contribution in [2.45, 2.75) is 68.6 Å². The lowest BCUT2D eigenvalue weighted by Crippen LogP contribution is -2.49. The highest BCUT2D eigenvalue weighted by Crippen LogP contribution is 2.46. The fraction of sp³-hybridized carbons (Fsp3) is 0.583. The predicted molar refractivity (Wildman–Crippen MR) is 183 cm³/mol. The molecule has 0 saturated heterocycles. The molecule has 1 fully saturated rings. The lowest BCUT2D eigenvalue weighted by molar-refractivity contribution is 0.0455. The Hall–Kier alpha value is -2.63. The van der Waals surface area contributed by atoms with Crippen LogP contribution in [0.15, 0.2) is 48.6 Å². The Kier molecular flexibility index (Phi) is 10.5. The number of hydrogen-bond acceptors (Lipinski definition) is 8. The van der Waals surface area contributed by atoms with Gasteiger partial charge in [0.2, 0.25) is 10.0 Å². The fourth-order valence-electron chi connectivity index (χ4n) is 7.99. The van der Waals surface area contributed by atoms with Crippen molar-refractivity contribution in [2.75, 3.05) is 51.5 Å². The second-order valence-corrected chi connectivity index (χ2v) is 16.2. The van der Waals surface area contributed by atoms with Crippen LogP contribution in [-0.2, 0) is 31.3 Å². The topological polar surface area (TPSA) is 114 Å². The number of allylic oxidation sites excluding steroid dienone is 1. The third-order valence-corrected chi connectivity index (χ3v) is 13.0. The molecule has 2 heterocycles. The van der Waals surface area contributed by atoms with Crippen LogP contribution in [0.2, 0.25) is 5.02 Å². The van der Waals surface area contributed by atoms with E-state index >= 15 is 0 Å². The summed E-state index contributed by atoms with van der Waals surface area (Å²) in [4.78, 5) is 16.0. The summed E-state index contributed by atoms with van der Waals surface area (Å²) < 4.78 is 47.1. The average molecular weight is 687 g/mol. The summed E-state index contributed by atoms with van der Waals surface area (Å²) >= 11 is 6.41. The molecule has 0 unspecified atom stereocenters. The molecule has 1 saturated carbocycles. The number of anilines is 1. The molecule has 2 bridgehead atoms. The smallest absolute Gasteiger partial charge is 0.264 e. The lowest BCUT2D eigenvalue weighted by atomic mass is 9.68. The van der Waals surface area contributed by atoms with Crippen LogP contribution in [0, 0.1) is 17.8 Å². The maximum absolute atomic E-state index is 13.8. The van der Waals surface area contributed by atoms with Gasteiger partial charge in [-0.3, -0.25) is 4.79 Å². The third kappa shape index (κ3) is 7.37. The number of halogens is 1. The summed E-state index contributed by atoms with van der Waals surface area (Å²) in [6.07, 6.45) is 8.62. The third-order valence-electron chi connectivity index (χ3n) is 10.8. The lowest BCUT2D eigenvalue weighted by Gasteiger charge is -2.45. The zero-order chi connectivity index (χ0) is 33.2. The molecule has 11 heteroatoms. The first-order valence-corrected chi connectivity index (χ1v) is 18.8. The summed E-state index contributed by atoms with van der Waals surface area (Å²) in [5, 5.41) is 11.1. The second-order valence-electron chi connectivity index (χ2n) is 13.8. The predicted octanol–water partition coefficient (Wildman–Crippen LogP) is 5.28. The maximum atomic E-state index is 13.8. The number of ether oxygens (including phenoxy) is 3. The first-order valence-electron chi connectivity index (χ1n) is 16.9. The number of aryl methyl sites for hydroxylation is 1. The van der Waals surface area contributed by atoms with Gasteiger partial charge in [0.05, 0.1) is 36.9 Å². The fourth-order valence-corrected chi connectivity index (χ4v) is 9.84. The Morgan fingerprint density at radius 3 is 2.79 bits per heavy atom. The Labute approximate surface area is 283 Å². The van der Waals surface area contributed by atoms with E-state index in [1.54, 1.807) is 25.3 Å². The van der Waals surface area contributed by atoms with Crippen LogP contribution in [0.1, 0.15) is 66.9 Å². The molecule has 1 amide bonds. The van der Waals surface area contributed by atoms with Crippen LogP contribution >= 0.6 is 11.6 Å². The zero-order valence-corrected chi connectivity index (χ0v) is 28.9. The minimum absolute atomic E-state index is 0.0932. The number of aliphatic hydroxyl groups is 1. The number of amides is 1. The van der Waals surface area contributed by atoms with Gasteiger partial charge < -0.3 is 24.2 Å². The van der Waals surface area contributed by atoms with Crippen LogP contribution in [-0.4, -0.2) is 77.4 Å². The van der Waals surface area contributed by atoms with Crippen molar-refractivity contribution in [3.05, 3.63) is 70.3 Å². The summed E-state index contributed by atoms with van der Waals surface area (Å²) in [7, 11) is -2.50. The summed E-state index contributed by atoms with van der Waals surface area (Å²) in [5.74, 6) is 0.0306. The molecule has 2 aliphatic carbocycles. The molecule has 2 aromatic rings. The van der Waals surface area contributed by atoms with Crippen molar-refractivity contribution in [1.82, 2.24) is 4.72 Å². The number of nitrogens with zero attached hydrogens (tertiary/aromatic N) is 1. The molecule has 6 rings (SSSR count). The highest BCUT2D eigenvalue weighted by molar-refractivity contribution is 7.90. The number of rotatable bonds is 6. The van der Waals surface area contributed by atoms with Crippen molar-refractivity contribution in [2.24, 2.45) is 17.8 Å². The number of benzene rings is 2. The van der Waals surface area contributed by atoms with Crippen molar-refractivity contribution in [1.29, 1.82) is 0 Å². The minimum atomic E-state index is -4.08. The molecule has 256 valence electrons. The molecule has 2 N–H and O–H groups in total. The molecule has 4 aliphatic rings. The molecule has 9 nitrogen and oxygen atoms in total. The highest BCUT2D eigenvalue weighted by Gasteiger charge is 2.44. The first-order chi connectivity index (χ1) is 22.6. The molecule has 0 aromatic heterocycles. The number of hydrogen-bond donors (Lipinski definition) is 2. The number of carbonyl (C=O) groups excluding carboxylic acids is 1. The van der Waals surface area contributed by atoms with Crippen LogP contribution in [0.25, 0.3) is 0 Å². The van der Waals surface area contributed by atoms with E-state index in [0.29, 0.717) is 45.1 Å². The van der Waals surface area contributed by atoms with E-state index in [4.69, 9.17) is 25.8 Å². The zero-order valence-electron chi connectivity index (χ0n) is 27.3. The molecular weight excluding hydrogens is 640 g/mol. The van der Waals surface area contributed by atoms with E-state index in [2.05, 4.69) is 21.8 Å². The standard InChI is InChI=1S/C36H47ClN2O7S/c1-24-5-3-7-32(40)29-11-8-27(29)21-39-22-36(15-4-6-25-19-28(37)10-12-30(25)36)23-46-33-13-9-26(20-31(33)39)35(41)38-47(42,43)34(24)14-16-45-18-17-44-2/h3,7,9-10,12-13,19-20,24,27,29,32,34,40H,4-6,8,11,14-18,21-23H2,1-2H3,(H,38,41)/b7-3-/t24-,27-,29+,32+,34-,36-/m0/s1. The molecule has 47 heavy (non-hydrogen) atoms. The van der Waals surface area contributed by atoms with E-state index in [1.807, 2.05) is 25.1 Å². The van der Waals surface area contributed by atoms with Gasteiger partial charge in [-0.15, -0.1) is 0 Å². The van der Waals surface area contributed by atoms with Gasteiger partial charge in [0.25, 0.3) is 5.91 Å². The van der Waals surface area contributed by atoms with Crippen molar-refractivity contribution in [3.63, 3.8) is 0 Å². The average Bonchev–Trinajstić information content (AvgIpc) is 3.17. The normalized spacial score (nSPS) is 31.0. The number of fused-ring (bicyclic) bond motifs is 4. The molecular formula is C36H47ClN2O7S. The van der Waals surface area contributed by atoms with Gasteiger partial charge in [-0.05, 0) is 104 Å². The van der Waals surface area contributed by atoms with Gasteiger partial charge in [0, 0.05) is 42.8 Å². The molecule has 1 spiro atoms. The highest BCUT2D eigenvalue weighted by atomic mass is 35.5. The van der Waals surface area contributed by atoms with Crippen molar-refractivity contribution in [3.8, 4) is 5.75 Å². The van der Waals surface area contributed by atoms with Gasteiger partial charge >= 0.3 is 0 Å². The van der Waals surface area contributed by atoms with Gasteiger partial charge in [0.1, 0.15) is 5.75 Å². The Morgan fingerprint density at radius 2 is 2.00 bits per heavy atom. The second kappa shape index (κ2) is 14.5. The van der Waals surface area contributed by atoms with Crippen molar-refractivity contribution < 1.29 is 32.5 Å². The first kappa shape index (κ1) is 34.2. The van der Waals surface area contributed by atoms with Gasteiger partial charge in [0.15, 0.2) is 0 Å². The van der Waals surface area contributed by atoms with E-state index < -0.39 is 27.3 Å². The van der Waals surface area contributed by atoms with E-state index in [-0.39, 0.29) is 41.8 Å². The van der Waals surface area contributed by atoms with Gasteiger partial charge in [-0.1, -0.05) is 36.7 Å². The van der Waals surface area contributed by atoms with E-state index in [0.717, 1.165) is 42.8 Å². The Bertz CT molecular complexity index is 1580. The minimum Gasteiger partial charge on any atom is -0.490 e. The monoisotopic (exact) mass is 686 g/mol. The van der Waals surface area contributed by atoms with Gasteiger partial charge in [-0.25, -0.2) is 13.1 Å². The van der Waals surface area contributed by atoms with Crippen LogP contribution in [0.3, 0.4) is 0 Å². The summed E-state index contributed by atoms with van der Waals surface area (Å²) in [6, 6.07) is 11.4. The van der Waals surface area contributed by atoms with Crippen molar-refractivity contribution >= 4 is 33.2 Å². The van der Waals surface area contributed by atoms with E-state index in [1.165, 1.54) is 11.1 Å². The number of aliphatic hydroxyl groups excluding tert-OH is 1. The largest absolute Gasteiger partial charge is 0.490 e. The Balaban J connectivity index is 1.35. The maximum Gasteiger partial charge on any atom is 0.264 e. The molecule has 6 atom stereocenters. The molecule has 2 aromatic carbocycles. The number of methoxy groups -OCH3 is 1. The van der Waals surface area contributed by atoms with E-state index in [9.17, 15) is 18.3 Å². The van der Waals surface area contributed by atoms with Crippen LogP contribution in [0.4, 0.5) is 5.69 Å².